The maximum atomic E-state index is 5.42. The molecule has 0 spiro atoms. The molecule has 3 nitrogen and oxygen atoms in total. The van der Waals surface area contributed by atoms with E-state index in [0.717, 1.165) is 35.7 Å². The van der Waals surface area contributed by atoms with Crippen LogP contribution in [0.15, 0.2) is 22.7 Å². The van der Waals surface area contributed by atoms with E-state index in [-0.39, 0.29) is 5.54 Å². The van der Waals surface area contributed by atoms with E-state index in [9.17, 15) is 0 Å². The second kappa shape index (κ2) is 5.81. The molecule has 0 bridgehead atoms. The first kappa shape index (κ1) is 15.2. The van der Waals surface area contributed by atoms with Crippen molar-refractivity contribution in [2.45, 2.75) is 44.7 Å². The van der Waals surface area contributed by atoms with Gasteiger partial charge in [-0.25, -0.2) is 0 Å². The predicted molar refractivity (Wildman–Crippen MR) is 91.3 cm³/mol. The van der Waals surface area contributed by atoms with Crippen molar-refractivity contribution in [3.63, 3.8) is 0 Å². The third-order valence-corrected chi connectivity index (χ3v) is 5.76. The van der Waals surface area contributed by atoms with E-state index in [1.807, 2.05) is 6.07 Å². The lowest BCUT2D eigenvalue weighted by molar-refractivity contribution is 0.252. The number of benzene rings is 1. The normalized spacial score (nSPS) is 29.5. The fourth-order valence-electron chi connectivity index (χ4n) is 3.48. The van der Waals surface area contributed by atoms with Gasteiger partial charge in [-0.05, 0) is 60.2 Å². The Labute approximate surface area is 136 Å². The molecule has 0 aromatic heterocycles. The zero-order valence-electron chi connectivity index (χ0n) is 13.2. The summed E-state index contributed by atoms with van der Waals surface area (Å²) in [5.74, 6) is 1.76. The first-order chi connectivity index (χ1) is 10.1. The Hall–Kier alpha value is -0.740. The van der Waals surface area contributed by atoms with Crippen LogP contribution in [0.25, 0.3) is 0 Å². The standard InChI is InChI=1S/C17H25BrN2O/c1-4-13-10-19-17(2,12-5-6-12)11-20(13)16-9-14(21-3)7-8-15(16)18/h7-9,12-13,19H,4-6,10-11H2,1-3H3. The molecule has 3 rings (SSSR count). The lowest BCUT2D eigenvalue weighted by Crippen LogP contribution is -2.64. The summed E-state index contributed by atoms with van der Waals surface area (Å²) < 4.78 is 6.57. The van der Waals surface area contributed by atoms with Gasteiger partial charge in [0.1, 0.15) is 5.75 Å². The van der Waals surface area contributed by atoms with Gasteiger partial charge in [-0.3, -0.25) is 0 Å². The fraction of sp³-hybridized carbons (Fsp3) is 0.647. The van der Waals surface area contributed by atoms with Gasteiger partial charge in [0.25, 0.3) is 0 Å². The molecule has 2 atom stereocenters. The Kier molecular flexibility index (Phi) is 4.19. The zero-order chi connectivity index (χ0) is 15.0. The van der Waals surface area contributed by atoms with Crippen molar-refractivity contribution < 1.29 is 4.74 Å². The van der Waals surface area contributed by atoms with Gasteiger partial charge in [-0.1, -0.05) is 6.92 Å². The minimum absolute atomic E-state index is 0.244. The minimum atomic E-state index is 0.244. The van der Waals surface area contributed by atoms with Gasteiger partial charge in [0.2, 0.25) is 0 Å². The highest BCUT2D eigenvalue weighted by Gasteiger charge is 2.46. The molecule has 116 valence electrons. The van der Waals surface area contributed by atoms with Crippen LogP contribution in [0.2, 0.25) is 0 Å². The summed E-state index contributed by atoms with van der Waals surface area (Å²) in [6, 6.07) is 6.81. The predicted octanol–water partition coefficient (Wildman–Crippen LogP) is 3.81. The Balaban J connectivity index is 1.92. The first-order valence-electron chi connectivity index (χ1n) is 7.92. The Morgan fingerprint density at radius 1 is 1.43 bits per heavy atom. The van der Waals surface area contributed by atoms with Crippen LogP contribution in [0.4, 0.5) is 5.69 Å². The quantitative estimate of drug-likeness (QED) is 0.891. The van der Waals surface area contributed by atoms with Gasteiger partial charge in [0.15, 0.2) is 0 Å². The van der Waals surface area contributed by atoms with Crippen LogP contribution in [0, 0.1) is 5.92 Å². The number of hydrogen-bond donors (Lipinski definition) is 1. The van der Waals surface area contributed by atoms with E-state index in [1.54, 1.807) is 7.11 Å². The average Bonchev–Trinajstić information content (AvgIpc) is 3.33. The largest absolute Gasteiger partial charge is 0.497 e. The summed E-state index contributed by atoms with van der Waals surface area (Å²) in [4.78, 5) is 2.57. The maximum absolute atomic E-state index is 5.42. The van der Waals surface area contributed by atoms with E-state index in [1.165, 1.54) is 18.5 Å². The third kappa shape index (κ3) is 2.93. The Morgan fingerprint density at radius 2 is 2.19 bits per heavy atom. The monoisotopic (exact) mass is 352 g/mol. The number of anilines is 1. The SMILES string of the molecule is CCC1CNC(C)(C2CC2)CN1c1cc(OC)ccc1Br. The van der Waals surface area contributed by atoms with Crippen molar-refractivity contribution in [3.8, 4) is 5.75 Å². The molecule has 1 N–H and O–H groups in total. The number of nitrogens with one attached hydrogen (secondary N) is 1. The lowest BCUT2D eigenvalue weighted by Gasteiger charge is -2.48. The van der Waals surface area contributed by atoms with E-state index in [2.05, 4.69) is 52.1 Å². The first-order valence-corrected chi connectivity index (χ1v) is 8.72. The van der Waals surface area contributed by atoms with E-state index in [0.29, 0.717) is 6.04 Å². The van der Waals surface area contributed by atoms with Gasteiger partial charge in [-0.2, -0.15) is 0 Å². The molecule has 2 fully saturated rings. The minimum Gasteiger partial charge on any atom is -0.497 e. The Bertz CT molecular complexity index is 518. The van der Waals surface area contributed by atoms with E-state index >= 15 is 0 Å². The number of hydrogen-bond acceptors (Lipinski definition) is 3. The fourth-order valence-corrected chi connectivity index (χ4v) is 3.95. The number of rotatable bonds is 4. The van der Waals surface area contributed by atoms with Crippen molar-refractivity contribution in [1.29, 1.82) is 0 Å². The van der Waals surface area contributed by atoms with Crippen molar-refractivity contribution >= 4 is 21.6 Å². The number of nitrogens with zero attached hydrogens (tertiary/aromatic N) is 1. The topological polar surface area (TPSA) is 24.5 Å². The maximum Gasteiger partial charge on any atom is 0.121 e. The molecule has 21 heavy (non-hydrogen) atoms. The van der Waals surface area contributed by atoms with Crippen LogP contribution in [0.5, 0.6) is 5.75 Å². The van der Waals surface area contributed by atoms with Crippen LogP contribution >= 0.6 is 15.9 Å². The second-order valence-corrected chi connectivity index (χ2v) is 7.43. The van der Waals surface area contributed by atoms with Gasteiger partial charge < -0.3 is 15.0 Å². The van der Waals surface area contributed by atoms with Gasteiger partial charge in [-0.15, -0.1) is 0 Å². The average molecular weight is 353 g/mol. The molecule has 1 aromatic carbocycles. The van der Waals surface area contributed by atoms with E-state index in [4.69, 9.17) is 4.74 Å². The molecule has 1 aromatic rings. The summed E-state index contributed by atoms with van der Waals surface area (Å²) in [6.07, 6.45) is 3.89. The van der Waals surface area contributed by atoms with Gasteiger partial charge in [0.05, 0.1) is 12.8 Å². The van der Waals surface area contributed by atoms with Crippen LogP contribution in [0.1, 0.15) is 33.1 Å². The molecule has 4 heteroatoms. The van der Waals surface area contributed by atoms with Crippen molar-refractivity contribution in [1.82, 2.24) is 5.32 Å². The molecule has 1 saturated carbocycles. The number of halogens is 1. The molecule has 1 aliphatic heterocycles. The van der Waals surface area contributed by atoms with Crippen molar-refractivity contribution in [2.75, 3.05) is 25.1 Å². The molecule has 0 amide bonds. The number of ether oxygens (including phenoxy) is 1. The molecular weight excluding hydrogens is 328 g/mol. The molecule has 0 radical (unpaired) electrons. The van der Waals surface area contributed by atoms with Crippen LogP contribution in [-0.2, 0) is 0 Å². The smallest absolute Gasteiger partial charge is 0.121 e. The van der Waals surface area contributed by atoms with Gasteiger partial charge in [0, 0.05) is 35.2 Å². The van der Waals surface area contributed by atoms with Gasteiger partial charge >= 0.3 is 0 Å². The summed E-state index contributed by atoms with van der Waals surface area (Å²) in [6.45, 7) is 6.79. The highest BCUT2D eigenvalue weighted by molar-refractivity contribution is 9.10. The highest BCUT2D eigenvalue weighted by atomic mass is 79.9. The van der Waals surface area contributed by atoms with Crippen molar-refractivity contribution in [3.05, 3.63) is 22.7 Å². The zero-order valence-corrected chi connectivity index (χ0v) is 14.7. The molecule has 1 aliphatic carbocycles. The summed E-state index contributed by atoms with van der Waals surface area (Å²) >= 11 is 3.72. The van der Waals surface area contributed by atoms with Crippen LogP contribution < -0.4 is 15.0 Å². The second-order valence-electron chi connectivity index (χ2n) is 6.58. The molecule has 1 saturated heterocycles. The summed E-state index contributed by atoms with van der Waals surface area (Å²) in [5.41, 5.74) is 1.50. The van der Waals surface area contributed by atoms with Crippen molar-refractivity contribution in [2.24, 2.45) is 5.92 Å². The number of methoxy groups -OCH3 is 1. The molecule has 2 aliphatic rings. The van der Waals surface area contributed by atoms with Crippen LogP contribution in [-0.4, -0.2) is 31.8 Å². The molecular formula is C17H25BrN2O. The lowest BCUT2D eigenvalue weighted by atomic mass is 9.90. The Morgan fingerprint density at radius 3 is 2.81 bits per heavy atom. The summed E-state index contributed by atoms with van der Waals surface area (Å²) in [7, 11) is 1.73. The third-order valence-electron chi connectivity index (χ3n) is 5.09. The summed E-state index contributed by atoms with van der Waals surface area (Å²) in [5, 5.41) is 3.82. The number of piperazine rings is 1. The molecule has 1 heterocycles. The molecule has 2 unspecified atom stereocenters. The van der Waals surface area contributed by atoms with Crippen LogP contribution in [0.3, 0.4) is 0 Å². The highest BCUT2D eigenvalue weighted by Crippen LogP contribution is 2.43. The van der Waals surface area contributed by atoms with E-state index < -0.39 is 0 Å².